The Morgan fingerprint density at radius 1 is 0.956 bits per heavy atom. The Morgan fingerprint density at radius 2 is 1.62 bits per heavy atom. The van der Waals surface area contributed by atoms with E-state index in [4.69, 9.17) is 23.7 Å². The van der Waals surface area contributed by atoms with Crippen molar-refractivity contribution in [3.63, 3.8) is 0 Å². The van der Waals surface area contributed by atoms with Crippen LogP contribution >= 0.6 is 0 Å². The Labute approximate surface area is 265 Å². The van der Waals surface area contributed by atoms with Crippen molar-refractivity contribution in [1.29, 1.82) is 0 Å². The molecule has 2 bridgehead atoms. The average Bonchev–Trinajstić information content (AvgIpc) is 3.29. The summed E-state index contributed by atoms with van der Waals surface area (Å²) in [5.74, 6) is 2.54. The third-order valence-corrected chi connectivity index (χ3v) is 9.27. The molecule has 9 nitrogen and oxygen atoms in total. The molecular weight excluding hydrogens is 570 g/mol. The summed E-state index contributed by atoms with van der Waals surface area (Å²) < 4.78 is 31.5. The van der Waals surface area contributed by atoms with Gasteiger partial charge in [-0.15, -0.1) is 0 Å². The second kappa shape index (κ2) is 12.9. The van der Waals surface area contributed by atoms with Gasteiger partial charge in [0.15, 0.2) is 41.4 Å². The quantitative estimate of drug-likeness (QED) is 0.231. The van der Waals surface area contributed by atoms with E-state index in [-0.39, 0.29) is 37.1 Å². The molecule has 0 aliphatic carbocycles. The Hall–Kier alpha value is -4.37. The van der Waals surface area contributed by atoms with Crippen LogP contribution in [-0.4, -0.2) is 80.3 Å². The van der Waals surface area contributed by atoms with E-state index in [1.165, 1.54) is 16.8 Å². The number of hydrogen-bond acceptors (Lipinski definition) is 8. The summed E-state index contributed by atoms with van der Waals surface area (Å²) in [6.07, 6.45) is 7.23. The zero-order valence-electron chi connectivity index (χ0n) is 27.0. The molecule has 0 spiro atoms. The van der Waals surface area contributed by atoms with Gasteiger partial charge in [0, 0.05) is 18.2 Å². The van der Waals surface area contributed by atoms with Gasteiger partial charge in [0.2, 0.25) is 6.04 Å². The fourth-order valence-electron chi connectivity index (χ4n) is 7.17. The fourth-order valence-corrected chi connectivity index (χ4v) is 7.17. The van der Waals surface area contributed by atoms with E-state index in [1.807, 2.05) is 37.4 Å². The van der Waals surface area contributed by atoms with Crippen LogP contribution in [-0.2, 0) is 22.4 Å². The largest absolute Gasteiger partial charge is 0.493 e. The zero-order chi connectivity index (χ0) is 31.7. The number of benzene rings is 2. The van der Waals surface area contributed by atoms with Crippen molar-refractivity contribution in [2.24, 2.45) is 0 Å². The maximum atomic E-state index is 13.1. The third kappa shape index (κ3) is 5.77. The number of carbonyl (C=O) groups excluding carboxylic acids is 1. The van der Waals surface area contributed by atoms with Gasteiger partial charge in [-0.25, -0.2) is 4.58 Å². The SMILES string of the molecule is CCN1CC2Cc3cc(OC)c(OC)cc3C1C1=[N+]2C(COC(=O)CC=Cc2ccc(C)cn2)c2cc(OC)c(OC)cc2C1. The minimum absolute atomic E-state index is 0.0490. The fraction of sp³-hybridized carbons (Fsp3) is 0.417. The molecule has 5 heterocycles. The van der Waals surface area contributed by atoms with E-state index in [9.17, 15) is 4.79 Å². The van der Waals surface area contributed by atoms with Gasteiger partial charge in [-0.05, 0) is 72.1 Å². The van der Waals surface area contributed by atoms with Crippen LogP contribution in [0.5, 0.6) is 23.0 Å². The van der Waals surface area contributed by atoms with Crippen molar-refractivity contribution in [1.82, 2.24) is 9.88 Å². The third-order valence-electron chi connectivity index (χ3n) is 9.27. The van der Waals surface area contributed by atoms with Gasteiger partial charge in [0.1, 0.15) is 6.04 Å². The number of hydrogen-bond donors (Lipinski definition) is 0. The van der Waals surface area contributed by atoms with Crippen LogP contribution in [0.4, 0.5) is 0 Å². The maximum absolute atomic E-state index is 13.1. The van der Waals surface area contributed by atoms with Gasteiger partial charge in [-0.1, -0.05) is 19.1 Å². The Balaban J connectivity index is 1.37. The predicted molar refractivity (Wildman–Crippen MR) is 172 cm³/mol. The van der Waals surface area contributed by atoms with Gasteiger partial charge < -0.3 is 23.7 Å². The highest BCUT2D eigenvalue weighted by molar-refractivity contribution is 5.91. The molecule has 3 atom stereocenters. The lowest BCUT2D eigenvalue weighted by molar-refractivity contribution is -0.618. The lowest BCUT2D eigenvalue weighted by Gasteiger charge is -2.40. The summed E-state index contributed by atoms with van der Waals surface area (Å²) in [7, 11) is 6.68. The number of pyridine rings is 1. The zero-order valence-corrected chi connectivity index (χ0v) is 27.0. The van der Waals surface area contributed by atoms with Crippen molar-refractivity contribution in [3.05, 3.63) is 82.2 Å². The number of aryl methyl sites for hydroxylation is 1. The number of likely N-dealkylation sites (N-methyl/N-ethyl adjacent to an activating group) is 1. The van der Waals surface area contributed by atoms with Crippen molar-refractivity contribution in [2.75, 3.05) is 48.1 Å². The summed E-state index contributed by atoms with van der Waals surface area (Å²) in [5.41, 5.74) is 7.94. The molecule has 0 saturated carbocycles. The number of rotatable bonds is 10. The maximum Gasteiger partial charge on any atom is 0.309 e. The Morgan fingerprint density at radius 3 is 2.27 bits per heavy atom. The molecule has 4 aliphatic heterocycles. The second-order valence-corrected chi connectivity index (χ2v) is 11.8. The summed E-state index contributed by atoms with van der Waals surface area (Å²) in [4.78, 5) is 20.0. The molecule has 4 aliphatic rings. The summed E-state index contributed by atoms with van der Waals surface area (Å²) in [6.45, 7) is 6.24. The predicted octanol–water partition coefficient (Wildman–Crippen LogP) is 5.12. The van der Waals surface area contributed by atoms with E-state index in [1.54, 1.807) is 28.4 Å². The number of ether oxygens (including phenoxy) is 5. The Kier molecular flexibility index (Phi) is 8.81. The molecule has 0 saturated heterocycles. The summed E-state index contributed by atoms with van der Waals surface area (Å²) in [6, 6.07) is 12.4. The first-order valence-electron chi connectivity index (χ1n) is 15.5. The van der Waals surface area contributed by atoms with E-state index in [0.29, 0.717) is 11.5 Å². The number of nitrogens with zero attached hydrogens (tertiary/aromatic N) is 3. The molecule has 45 heavy (non-hydrogen) atoms. The van der Waals surface area contributed by atoms with Crippen molar-refractivity contribution >= 4 is 17.8 Å². The van der Waals surface area contributed by atoms with E-state index >= 15 is 0 Å². The lowest BCUT2D eigenvalue weighted by Crippen LogP contribution is -2.55. The number of esters is 1. The molecule has 2 aromatic carbocycles. The first-order valence-corrected chi connectivity index (χ1v) is 15.5. The van der Waals surface area contributed by atoms with E-state index < -0.39 is 0 Å². The van der Waals surface area contributed by atoms with Gasteiger partial charge in [0.05, 0.1) is 53.5 Å². The van der Waals surface area contributed by atoms with Crippen LogP contribution in [0.1, 0.15) is 58.9 Å². The summed E-state index contributed by atoms with van der Waals surface area (Å²) >= 11 is 0. The minimum Gasteiger partial charge on any atom is -0.493 e. The topological polar surface area (TPSA) is 82.4 Å². The Bertz CT molecular complexity index is 1650. The highest BCUT2D eigenvalue weighted by Gasteiger charge is 2.51. The molecule has 3 unspecified atom stereocenters. The highest BCUT2D eigenvalue weighted by atomic mass is 16.5. The van der Waals surface area contributed by atoms with Crippen LogP contribution < -0.4 is 18.9 Å². The van der Waals surface area contributed by atoms with Crippen molar-refractivity contribution < 1.29 is 33.1 Å². The second-order valence-electron chi connectivity index (χ2n) is 11.8. The van der Waals surface area contributed by atoms with Crippen LogP contribution in [0.2, 0.25) is 0 Å². The van der Waals surface area contributed by atoms with Crippen LogP contribution in [0.25, 0.3) is 6.08 Å². The average molecular weight is 613 g/mol. The van der Waals surface area contributed by atoms with Crippen LogP contribution in [0.3, 0.4) is 0 Å². The molecule has 236 valence electrons. The smallest absolute Gasteiger partial charge is 0.309 e. The highest BCUT2D eigenvalue weighted by Crippen LogP contribution is 2.46. The summed E-state index contributed by atoms with van der Waals surface area (Å²) in [5, 5.41) is 0. The van der Waals surface area contributed by atoms with E-state index in [2.05, 4.69) is 45.6 Å². The molecule has 0 N–H and O–H groups in total. The number of fused-ring (bicyclic) bond motifs is 2. The van der Waals surface area contributed by atoms with Crippen LogP contribution in [0, 0.1) is 6.92 Å². The molecule has 7 rings (SSSR count). The normalized spacial score (nSPS) is 20.3. The van der Waals surface area contributed by atoms with Crippen molar-refractivity contribution in [2.45, 2.75) is 51.2 Å². The molecule has 1 aromatic heterocycles. The number of aromatic nitrogens is 1. The van der Waals surface area contributed by atoms with E-state index in [0.717, 1.165) is 59.8 Å². The minimum atomic E-state index is -0.277. The van der Waals surface area contributed by atoms with Crippen LogP contribution in [0.15, 0.2) is 48.7 Å². The van der Waals surface area contributed by atoms with Gasteiger partial charge in [-0.3, -0.25) is 14.7 Å². The standard InChI is InChI=1S/C36H42N3O6/c1-7-38-20-26-13-23-15-31(41-3)34(44-6)18-28(23)36(38)29-14-24-16-32(42-4)33(43-5)17-27(24)30(39(26)29)21-45-35(40)10-8-9-25-12-11-22(2)19-37-25/h8-9,11-12,15-19,26,30,36H,7,10,13-14,20-21H2,1-6H3/q+1. The first-order chi connectivity index (χ1) is 21.9. The molecular formula is C36H42N3O6+. The first kappa shape index (κ1) is 30.6. The van der Waals surface area contributed by atoms with Gasteiger partial charge in [0.25, 0.3) is 0 Å². The molecule has 9 heteroatoms. The molecule has 0 fully saturated rings. The number of carbonyl (C=O) groups is 1. The lowest BCUT2D eigenvalue weighted by atomic mass is 9.85. The van der Waals surface area contributed by atoms with Gasteiger partial charge in [-0.2, -0.15) is 0 Å². The van der Waals surface area contributed by atoms with Crippen molar-refractivity contribution in [3.8, 4) is 23.0 Å². The monoisotopic (exact) mass is 612 g/mol. The molecule has 0 radical (unpaired) electrons. The number of methoxy groups -OCH3 is 4. The van der Waals surface area contributed by atoms with Gasteiger partial charge >= 0.3 is 5.97 Å². The molecule has 3 aromatic rings. The molecule has 0 amide bonds.